The molecule has 1 unspecified atom stereocenters. The summed E-state index contributed by atoms with van der Waals surface area (Å²) < 4.78 is 6.35. The Kier molecular flexibility index (Phi) is 8.53. The summed E-state index contributed by atoms with van der Waals surface area (Å²) in [5, 5.41) is 12.6. The lowest BCUT2D eigenvalue weighted by Gasteiger charge is -2.32. The first-order valence-electron chi connectivity index (χ1n) is 11.5. The maximum atomic E-state index is 11.4. The van der Waals surface area contributed by atoms with Crippen molar-refractivity contribution in [2.45, 2.75) is 39.5 Å². The van der Waals surface area contributed by atoms with Crippen LogP contribution in [-0.4, -0.2) is 19.4 Å². The number of nitrogens with zero attached hydrogens (tertiary/aromatic N) is 3. The molecule has 174 valence electrons. The number of benzene rings is 2. The molecule has 6 nitrogen and oxygen atoms in total. The van der Waals surface area contributed by atoms with Gasteiger partial charge in [-0.25, -0.2) is 0 Å². The molecular weight excluding hydrogens is 426 g/mol. The molecule has 1 heterocycles. The normalized spacial score (nSPS) is 15.5. The van der Waals surface area contributed by atoms with Crippen molar-refractivity contribution >= 4 is 12.0 Å². The van der Waals surface area contributed by atoms with Crippen LogP contribution in [0.4, 0.5) is 5.69 Å². The van der Waals surface area contributed by atoms with Crippen LogP contribution in [-0.2, 0) is 11.2 Å². The second kappa shape index (κ2) is 11.8. The van der Waals surface area contributed by atoms with E-state index in [-0.39, 0.29) is 12.3 Å². The molecule has 0 aliphatic carbocycles. The molecule has 3 rings (SSSR count). The van der Waals surface area contributed by atoms with Crippen molar-refractivity contribution in [3.63, 3.8) is 0 Å². The first-order chi connectivity index (χ1) is 16.6. The van der Waals surface area contributed by atoms with E-state index < -0.39 is 0 Å². The van der Waals surface area contributed by atoms with E-state index in [2.05, 4.69) is 36.1 Å². The molecule has 34 heavy (non-hydrogen) atoms. The van der Waals surface area contributed by atoms with Gasteiger partial charge in [0, 0.05) is 48.0 Å². The quantitative estimate of drug-likeness (QED) is 0.242. The molecule has 0 saturated carbocycles. The zero-order chi connectivity index (χ0) is 24.5. The van der Waals surface area contributed by atoms with Crippen LogP contribution in [0.5, 0.6) is 5.75 Å². The van der Waals surface area contributed by atoms with Gasteiger partial charge in [0.25, 0.3) is 0 Å². The average molecular weight is 456 g/mol. The van der Waals surface area contributed by atoms with E-state index in [1.807, 2.05) is 43.3 Å². The third kappa shape index (κ3) is 5.15. The van der Waals surface area contributed by atoms with Gasteiger partial charge in [-0.05, 0) is 48.7 Å². The summed E-state index contributed by atoms with van der Waals surface area (Å²) in [5.41, 5.74) is 4.90. The molecule has 0 bridgehead atoms. The van der Waals surface area contributed by atoms with Crippen LogP contribution in [0.3, 0.4) is 0 Å². The predicted molar refractivity (Wildman–Crippen MR) is 135 cm³/mol. The van der Waals surface area contributed by atoms with Crippen LogP contribution in [0.15, 0.2) is 82.9 Å². The van der Waals surface area contributed by atoms with Gasteiger partial charge in [-0.1, -0.05) is 43.3 Å². The molecule has 2 aromatic carbocycles. The molecule has 2 aromatic rings. The van der Waals surface area contributed by atoms with Gasteiger partial charge < -0.3 is 9.64 Å². The van der Waals surface area contributed by atoms with Crippen LogP contribution < -0.4 is 9.64 Å². The highest BCUT2D eigenvalue weighted by Crippen LogP contribution is 2.46. The van der Waals surface area contributed by atoms with Gasteiger partial charge in [0.1, 0.15) is 17.8 Å². The first kappa shape index (κ1) is 24.7. The Balaban J connectivity index is 2.33. The monoisotopic (exact) mass is 455 g/mol. The maximum Gasteiger partial charge on any atom is 0.142 e. The molecule has 0 amide bonds. The van der Waals surface area contributed by atoms with Gasteiger partial charge in [-0.15, -0.1) is 4.91 Å². The summed E-state index contributed by atoms with van der Waals surface area (Å²) in [6.45, 7) is 7.77. The van der Waals surface area contributed by atoms with E-state index in [4.69, 9.17) is 4.74 Å². The molecule has 0 saturated heterocycles. The van der Waals surface area contributed by atoms with E-state index in [9.17, 15) is 15.0 Å². The molecule has 0 fully saturated rings. The first-order valence-corrected chi connectivity index (χ1v) is 11.5. The maximum absolute atomic E-state index is 11.4. The number of anilines is 1. The van der Waals surface area contributed by atoms with Crippen molar-refractivity contribution in [3.8, 4) is 11.8 Å². The molecule has 1 aliphatic heterocycles. The van der Waals surface area contributed by atoms with Crippen LogP contribution in [0.25, 0.3) is 0 Å². The van der Waals surface area contributed by atoms with Gasteiger partial charge >= 0.3 is 0 Å². The molecule has 1 aliphatic rings. The molecule has 0 spiro atoms. The summed E-state index contributed by atoms with van der Waals surface area (Å²) in [7, 11) is 0. The summed E-state index contributed by atoms with van der Waals surface area (Å²) in [6.07, 6.45) is 6.19. The molecule has 0 aromatic heterocycles. The van der Waals surface area contributed by atoms with Crippen LogP contribution >= 0.6 is 0 Å². The SMILES string of the molecule is CC/C(=C\C1=C(/C=C/C=O)C(c2ccccc2CC#N)c2ccc(N(CC)CC)cc2O1)N=O. The second-order valence-electron chi connectivity index (χ2n) is 7.86. The lowest BCUT2D eigenvalue weighted by Crippen LogP contribution is -2.23. The number of hydrogen-bond donors (Lipinski definition) is 0. The number of aldehydes is 1. The van der Waals surface area contributed by atoms with E-state index in [1.54, 1.807) is 12.2 Å². The molecule has 1 atom stereocenters. The van der Waals surface area contributed by atoms with Crippen molar-refractivity contribution in [2.24, 2.45) is 5.18 Å². The zero-order valence-corrected chi connectivity index (χ0v) is 19.8. The lowest BCUT2D eigenvalue weighted by molar-refractivity contribution is -0.104. The average Bonchev–Trinajstić information content (AvgIpc) is 2.87. The van der Waals surface area contributed by atoms with Gasteiger partial charge in [-0.2, -0.15) is 5.26 Å². The number of rotatable bonds is 10. The van der Waals surface area contributed by atoms with Crippen LogP contribution in [0.1, 0.15) is 49.8 Å². The van der Waals surface area contributed by atoms with Gasteiger partial charge in [0.2, 0.25) is 0 Å². The van der Waals surface area contributed by atoms with Gasteiger partial charge in [-0.3, -0.25) is 4.79 Å². The highest BCUT2D eigenvalue weighted by Gasteiger charge is 2.31. The van der Waals surface area contributed by atoms with E-state index >= 15 is 0 Å². The van der Waals surface area contributed by atoms with Crippen LogP contribution in [0, 0.1) is 16.2 Å². The number of nitriles is 1. The Morgan fingerprint density at radius 3 is 2.56 bits per heavy atom. The van der Waals surface area contributed by atoms with Crippen molar-refractivity contribution in [2.75, 3.05) is 18.0 Å². The third-order valence-electron chi connectivity index (χ3n) is 6.02. The number of hydrogen-bond acceptors (Lipinski definition) is 6. The number of nitroso groups, excluding NO2 is 1. The Hall–Kier alpha value is -3.98. The summed E-state index contributed by atoms with van der Waals surface area (Å²) >= 11 is 0. The number of fused-ring (bicyclic) bond motifs is 1. The van der Waals surface area contributed by atoms with E-state index in [0.717, 1.165) is 41.0 Å². The molecule has 0 N–H and O–H groups in total. The second-order valence-corrected chi connectivity index (χ2v) is 7.86. The zero-order valence-electron chi connectivity index (χ0n) is 19.8. The van der Waals surface area contributed by atoms with Crippen LogP contribution in [0.2, 0.25) is 0 Å². The fourth-order valence-corrected chi connectivity index (χ4v) is 4.30. The van der Waals surface area contributed by atoms with Crippen molar-refractivity contribution < 1.29 is 9.53 Å². The predicted octanol–water partition coefficient (Wildman–Crippen LogP) is 6.19. The highest BCUT2D eigenvalue weighted by molar-refractivity contribution is 5.69. The number of allylic oxidation sites excluding steroid dienone is 5. The Morgan fingerprint density at radius 2 is 1.91 bits per heavy atom. The highest BCUT2D eigenvalue weighted by atomic mass is 16.5. The van der Waals surface area contributed by atoms with Crippen molar-refractivity contribution in [3.05, 3.63) is 99.3 Å². The minimum Gasteiger partial charge on any atom is -0.457 e. The summed E-state index contributed by atoms with van der Waals surface area (Å²) in [5.74, 6) is 0.860. The van der Waals surface area contributed by atoms with E-state index in [1.165, 1.54) is 6.08 Å². The minimum atomic E-state index is -0.286. The van der Waals surface area contributed by atoms with E-state index in [0.29, 0.717) is 29.9 Å². The number of ether oxygens (including phenoxy) is 1. The Labute approximate surface area is 200 Å². The Bertz CT molecular complexity index is 1180. The standard InChI is InChI=1S/C28H29N3O3/c1-4-21(30-33)18-26-24(12-9-17-32)28(23-11-8-7-10-20(23)15-16-29)25-14-13-22(19-27(25)34-26)31(5-2)6-3/h7-14,17-19,28H,4-6,15H2,1-3H3/b12-9+,21-18+. The molecule has 0 radical (unpaired) electrons. The summed E-state index contributed by atoms with van der Waals surface area (Å²) in [4.78, 5) is 24.9. The van der Waals surface area contributed by atoms with Crippen molar-refractivity contribution in [1.82, 2.24) is 0 Å². The van der Waals surface area contributed by atoms with Crippen molar-refractivity contribution in [1.29, 1.82) is 5.26 Å². The number of carbonyl (C=O) groups is 1. The third-order valence-corrected chi connectivity index (χ3v) is 6.02. The van der Waals surface area contributed by atoms with Gasteiger partial charge in [0.05, 0.1) is 18.2 Å². The van der Waals surface area contributed by atoms with Gasteiger partial charge in [0.15, 0.2) is 0 Å². The Morgan fingerprint density at radius 1 is 1.15 bits per heavy atom. The lowest BCUT2D eigenvalue weighted by atomic mass is 9.79. The summed E-state index contributed by atoms with van der Waals surface area (Å²) in [6, 6.07) is 16.2. The fourth-order valence-electron chi connectivity index (χ4n) is 4.30. The topological polar surface area (TPSA) is 82.8 Å². The molecular formula is C28H29N3O3. The minimum absolute atomic E-state index is 0.256. The smallest absolute Gasteiger partial charge is 0.142 e. The molecule has 6 heteroatoms. The number of carbonyl (C=O) groups excluding carboxylic acids is 1. The largest absolute Gasteiger partial charge is 0.457 e. The fraction of sp³-hybridized carbons (Fsp3) is 0.286.